The fourth-order valence-corrected chi connectivity index (χ4v) is 2.95. The third kappa shape index (κ3) is 5.16. The minimum Gasteiger partial charge on any atom is -0.350 e. The zero-order valence-corrected chi connectivity index (χ0v) is 14.3. The highest BCUT2D eigenvalue weighted by atomic mass is 32.2. The van der Waals surface area contributed by atoms with Crippen LogP contribution in [-0.4, -0.2) is 25.6 Å². The van der Waals surface area contributed by atoms with Crippen LogP contribution >= 0.6 is 0 Å². The van der Waals surface area contributed by atoms with E-state index in [2.05, 4.69) is 5.32 Å². The first-order valence-corrected chi connectivity index (χ1v) is 8.86. The number of amides is 1. The van der Waals surface area contributed by atoms with E-state index in [0.717, 1.165) is 12.0 Å². The van der Waals surface area contributed by atoms with Crippen molar-refractivity contribution >= 4 is 15.7 Å². The summed E-state index contributed by atoms with van der Waals surface area (Å²) in [6.45, 7) is 9.77. The van der Waals surface area contributed by atoms with Crippen molar-refractivity contribution in [2.75, 3.05) is 5.75 Å². The standard InChI is InChI=1S/C16H25NO3S/c1-6-16(4,5)17-15(18)11-21(19,20)14-9-7-13(8-10-14)12(2)3/h7-10,12H,6,11H2,1-5H3,(H,17,18). The molecule has 4 nitrogen and oxygen atoms in total. The number of sulfone groups is 1. The van der Waals surface area contributed by atoms with E-state index in [0.29, 0.717) is 5.92 Å². The van der Waals surface area contributed by atoms with Crippen LogP contribution in [0.1, 0.15) is 52.5 Å². The second-order valence-corrected chi connectivity index (χ2v) is 8.26. The number of hydrogen-bond donors (Lipinski definition) is 1. The smallest absolute Gasteiger partial charge is 0.235 e. The molecule has 1 aromatic carbocycles. The van der Waals surface area contributed by atoms with Gasteiger partial charge in [-0.1, -0.05) is 32.9 Å². The molecular weight excluding hydrogens is 286 g/mol. The fourth-order valence-electron chi connectivity index (χ4n) is 1.82. The van der Waals surface area contributed by atoms with E-state index < -0.39 is 27.0 Å². The third-order valence-corrected chi connectivity index (χ3v) is 5.22. The molecule has 0 saturated carbocycles. The lowest BCUT2D eigenvalue weighted by atomic mass is 10.0. The number of benzene rings is 1. The molecule has 118 valence electrons. The Kier molecular flexibility index (Phi) is 5.56. The Balaban J connectivity index is 2.84. The second kappa shape index (κ2) is 6.60. The molecule has 0 aromatic heterocycles. The summed E-state index contributed by atoms with van der Waals surface area (Å²) >= 11 is 0. The predicted octanol–water partition coefficient (Wildman–Crippen LogP) is 2.89. The lowest BCUT2D eigenvalue weighted by Crippen LogP contribution is -2.45. The van der Waals surface area contributed by atoms with Crippen LogP contribution in [0.5, 0.6) is 0 Å². The Morgan fingerprint density at radius 2 is 1.71 bits per heavy atom. The molecule has 0 fully saturated rings. The molecule has 0 spiro atoms. The van der Waals surface area contributed by atoms with Gasteiger partial charge in [0.15, 0.2) is 9.84 Å². The van der Waals surface area contributed by atoms with Gasteiger partial charge in [0.05, 0.1) is 4.90 Å². The van der Waals surface area contributed by atoms with Gasteiger partial charge in [-0.15, -0.1) is 0 Å². The normalized spacial score (nSPS) is 12.5. The molecular formula is C16H25NO3S. The topological polar surface area (TPSA) is 63.2 Å². The zero-order valence-electron chi connectivity index (χ0n) is 13.4. The third-order valence-electron chi connectivity index (χ3n) is 3.59. The lowest BCUT2D eigenvalue weighted by molar-refractivity contribution is -0.120. The van der Waals surface area contributed by atoms with Gasteiger partial charge in [0, 0.05) is 5.54 Å². The predicted molar refractivity (Wildman–Crippen MR) is 85.1 cm³/mol. The molecule has 1 aromatic rings. The minimum absolute atomic E-state index is 0.191. The van der Waals surface area contributed by atoms with Gasteiger partial charge in [-0.25, -0.2) is 8.42 Å². The van der Waals surface area contributed by atoms with Crippen LogP contribution in [0.15, 0.2) is 29.2 Å². The quantitative estimate of drug-likeness (QED) is 0.878. The summed E-state index contributed by atoms with van der Waals surface area (Å²) in [6.07, 6.45) is 0.738. The zero-order chi connectivity index (χ0) is 16.3. The summed E-state index contributed by atoms with van der Waals surface area (Å²) in [4.78, 5) is 12.1. The highest BCUT2D eigenvalue weighted by Crippen LogP contribution is 2.18. The van der Waals surface area contributed by atoms with E-state index in [1.54, 1.807) is 24.3 Å². The van der Waals surface area contributed by atoms with Crippen molar-refractivity contribution in [1.82, 2.24) is 5.32 Å². The van der Waals surface area contributed by atoms with Crippen molar-refractivity contribution in [2.24, 2.45) is 0 Å². The molecule has 0 heterocycles. The highest BCUT2D eigenvalue weighted by Gasteiger charge is 2.24. The van der Waals surface area contributed by atoms with Crippen LogP contribution < -0.4 is 5.32 Å². The van der Waals surface area contributed by atoms with Crippen LogP contribution in [0.25, 0.3) is 0 Å². The number of hydrogen-bond acceptors (Lipinski definition) is 3. The van der Waals surface area contributed by atoms with E-state index in [-0.39, 0.29) is 4.90 Å². The van der Waals surface area contributed by atoms with Gasteiger partial charge >= 0.3 is 0 Å². The maximum absolute atomic E-state index is 12.2. The molecule has 1 amide bonds. The van der Waals surface area contributed by atoms with Gasteiger partial charge in [-0.2, -0.15) is 0 Å². The number of carbonyl (C=O) groups excluding carboxylic acids is 1. The van der Waals surface area contributed by atoms with Crippen LogP contribution in [0.3, 0.4) is 0 Å². The molecule has 21 heavy (non-hydrogen) atoms. The average molecular weight is 311 g/mol. The van der Waals surface area contributed by atoms with Gasteiger partial charge in [0.2, 0.25) is 5.91 Å². The average Bonchev–Trinajstić information content (AvgIpc) is 2.37. The summed E-state index contributed by atoms with van der Waals surface area (Å²) in [6, 6.07) is 6.74. The first-order chi connectivity index (χ1) is 9.57. The number of carbonyl (C=O) groups is 1. The van der Waals surface area contributed by atoms with Gasteiger partial charge in [-0.3, -0.25) is 4.79 Å². The summed E-state index contributed by atoms with van der Waals surface area (Å²) < 4.78 is 24.5. The van der Waals surface area contributed by atoms with Crippen molar-refractivity contribution in [3.63, 3.8) is 0 Å². The molecule has 0 aliphatic rings. The molecule has 0 aliphatic heterocycles. The lowest BCUT2D eigenvalue weighted by Gasteiger charge is -2.24. The number of nitrogens with one attached hydrogen (secondary N) is 1. The van der Waals surface area contributed by atoms with Crippen LogP contribution in [0.2, 0.25) is 0 Å². The summed E-state index contributed by atoms with van der Waals surface area (Å²) in [5, 5.41) is 2.74. The fraction of sp³-hybridized carbons (Fsp3) is 0.562. The van der Waals surface area contributed by atoms with Gasteiger partial charge in [-0.05, 0) is 43.9 Å². The van der Waals surface area contributed by atoms with Crippen LogP contribution in [0.4, 0.5) is 0 Å². The Hall–Kier alpha value is -1.36. The summed E-state index contributed by atoms with van der Waals surface area (Å²) in [5.74, 6) is -0.637. The highest BCUT2D eigenvalue weighted by molar-refractivity contribution is 7.92. The van der Waals surface area contributed by atoms with Crippen molar-refractivity contribution in [2.45, 2.75) is 57.4 Å². The first-order valence-electron chi connectivity index (χ1n) is 7.21. The molecule has 0 aliphatic carbocycles. The molecule has 0 unspecified atom stereocenters. The van der Waals surface area contributed by atoms with Crippen LogP contribution in [0, 0.1) is 0 Å². The molecule has 1 N–H and O–H groups in total. The Bertz CT molecular complexity index is 586. The Labute approximate surface area is 127 Å². The van der Waals surface area contributed by atoms with E-state index in [9.17, 15) is 13.2 Å². The van der Waals surface area contributed by atoms with Gasteiger partial charge < -0.3 is 5.32 Å². The van der Waals surface area contributed by atoms with Crippen molar-refractivity contribution in [3.8, 4) is 0 Å². The molecule has 0 saturated heterocycles. The molecule has 5 heteroatoms. The van der Waals surface area contributed by atoms with Crippen molar-refractivity contribution in [1.29, 1.82) is 0 Å². The maximum Gasteiger partial charge on any atom is 0.235 e. The van der Waals surface area contributed by atoms with E-state index in [1.165, 1.54) is 0 Å². The molecule has 0 atom stereocenters. The van der Waals surface area contributed by atoms with E-state index in [4.69, 9.17) is 0 Å². The van der Waals surface area contributed by atoms with Gasteiger partial charge in [0.1, 0.15) is 5.75 Å². The van der Waals surface area contributed by atoms with E-state index >= 15 is 0 Å². The second-order valence-electron chi connectivity index (χ2n) is 6.27. The summed E-state index contributed by atoms with van der Waals surface area (Å²) in [5.41, 5.74) is 0.680. The first kappa shape index (κ1) is 17.7. The largest absolute Gasteiger partial charge is 0.350 e. The molecule has 0 bridgehead atoms. The van der Waals surface area contributed by atoms with Crippen molar-refractivity contribution < 1.29 is 13.2 Å². The van der Waals surface area contributed by atoms with E-state index in [1.807, 2.05) is 34.6 Å². The summed E-state index contributed by atoms with van der Waals surface area (Å²) in [7, 11) is -3.59. The Morgan fingerprint density at radius 1 is 1.19 bits per heavy atom. The van der Waals surface area contributed by atoms with Crippen LogP contribution in [-0.2, 0) is 14.6 Å². The SMILES string of the molecule is CCC(C)(C)NC(=O)CS(=O)(=O)c1ccc(C(C)C)cc1. The molecule has 1 rings (SSSR count). The Morgan fingerprint density at radius 3 is 2.14 bits per heavy atom. The minimum atomic E-state index is -3.59. The number of rotatable bonds is 6. The molecule has 0 radical (unpaired) electrons. The maximum atomic E-state index is 12.2. The monoisotopic (exact) mass is 311 g/mol. The van der Waals surface area contributed by atoms with Crippen molar-refractivity contribution in [3.05, 3.63) is 29.8 Å². The van der Waals surface area contributed by atoms with Gasteiger partial charge in [0.25, 0.3) is 0 Å².